The average molecular weight is 433 g/mol. The van der Waals surface area contributed by atoms with Crippen LogP contribution in [-0.4, -0.2) is 17.6 Å². The van der Waals surface area contributed by atoms with E-state index in [1.54, 1.807) is 0 Å². The van der Waals surface area contributed by atoms with Gasteiger partial charge >= 0.3 is 0 Å². The van der Waals surface area contributed by atoms with E-state index in [0.29, 0.717) is 23.8 Å². The molecule has 3 rings (SSSR count). The van der Waals surface area contributed by atoms with Crippen LogP contribution in [0.1, 0.15) is 47.7 Å². The number of anilines is 1. The summed E-state index contributed by atoms with van der Waals surface area (Å²) in [6.07, 6.45) is 1.87. The average Bonchev–Trinajstić information content (AvgIpc) is 2.78. The molecule has 3 aromatic rings. The van der Waals surface area contributed by atoms with E-state index in [-0.39, 0.29) is 11.0 Å². The minimum atomic E-state index is -0.242. The number of hydrogen-bond donors (Lipinski definition) is 2. The predicted octanol–water partition coefficient (Wildman–Crippen LogP) is 5.95. The molecule has 0 heterocycles. The fraction of sp³-hybridized carbons (Fsp3) is 0.231. The summed E-state index contributed by atoms with van der Waals surface area (Å²) in [5, 5.41) is 6.04. The summed E-state index contributed by atoms with van der Waals surface area (Å²) in [7, 11) is 0. The molecular formula is C26H28N2O2S. The largest absolute Gasteiger partial charge is 0.491 e. The third-order valence-electron chi connectivity index (χ3n) is 4.91. The predicted molar refractivity (Wildman–Crippen MR) is 131 cm³/mol. The van der Waals surface area contributed by atoms with Gasteiger partial charge in [-0.3, -0.25) is 10.1 Å². The van der Waals surface area contributed by atoms with Crippen molar-refractivity contribution in [3.63, 3.8) is 0 Å². The van der Waals surface area contributed by atoms with Crippen LogP contribution in [0, 0.1) is 0 Å². The third kappa shape index (κ3) is 6.93. The Morgan fingerprint density at radius 3 is 2.32 bits per heavy atom. The Balaban J connectivity index is 1.52. The first kappa shape index (κ1) is 22.5. The number of thiocarbonyl (C=S) groups is 1. The van der Waals surface area contributed by atoms with E-state index < -0.39 is 0 Å². The molecule has 0 aliphatic heterocycles. The molecule has 4 nitrogen and oxygen atoms in total. The first-order valence-electron chi connectivity index (χ1n) is 10.5. The van der Waals surface area contributed by atoms with Crippen molar-refractivity contribution in [2.24, 2.45) is 0 Å². The molecule has 0 aromatic heterocycles. The number of rotatable bonds is 8. The van der Waals surface area contributed by atoms with Gasteiger partial charge < -0.3 is 10.1 Å². The molecule has 1 amide bonds. The molecule has 5 heteroatoms. The van der Waals surface area contributed by atoms with Crippen LogP contribution >= 0.6 is 12.2 Å². The SMILES string of the molecule is CC(C)c1ccc(C(=O)NC(=S)Nc2ccccc2OCCCc2ccccc2)cc1. The quantitative estimate of drug-likeness (QED) is 0.341. The van der Waals surface area contributed by atoms with Gasteiger partial charge in [0.1, 0.15) is 5.75 Å². The first-order chi connectivity index (χ1) is 15.0. The zero-order chi connectivity index (χ0) is 22.1. The number of aryl methyl sites for hydroxylation is 1. The Bertz CT molecular complexity index is 1000. The van der Waals surface area contributed by atoms with Crippen molar-refractivity contribution in [1.29, 1.82) is 0 Å². The number of nitrogens with one attached hydrogen (secondary N) is 2. The smallest absolute Gasteiger partial charge is 0.257 e. The van der Waals surface area contributed by atoms with Crippen LogP contribution in [0.15, 0.2) is 78.9 Å². The van der Waals surface area contributed by atoms with Gasteiger partial charge in [0.2, 0.25) is 0 Å². The fourth-order valence-corrected chi connectivity index (χ4v) is 3.35. The first-order valence-corrected chi connectivity index (χ1v) is 10.9. The normalized spacial score (nSPS) is 10.5. The maximum atomic E-state index is 12.5. The second kappa shape index (κ2) is 11.3. The van der Waals surface area contributed by atoms with E-state index in [0.717, 1.165) is 18.5 Å². The summed E-state index contributed by atoms with van der Waals surface area (Å²) < 4.78 is 5.95. The fourth-order valence-electron chi connectivity index (χ4n) is 3.15. The van der Waals surface area contributed by atoms with E-state index in [9.17, 15) is 4.79 Å². The summed E-state index contributed by atoms with van der Waals surface area (Å²) in [4.78, 5) is 12.5. The number of carbonyl (C=O) groups is 1. The number of carbonyl (C=O) groups excluding carboxylic acids is 1. The maximum Gasteiger partial charge on any atom is 0.257 e. The molecule has 0 spiro atoms. The molecule has 31 heavy (non-hydrogen) atoms. The van der Waals surface area contributed by atoms with E-state index in [2.05, 4.69) is 36.6 Å². The van der Waals surface area contributed by atoms with Gasteiger partial charge in [-0.15, -0.1) is 0 Å². The highest BCUT2D eigenvalue weighted by molar-refractivity contribution is 7.80. The van der Waals surface area contributed by atoms with Gasteiger partial charge in [-0.25, -0.2) is 0 Å². The van der Waals surface area contributed by atoms with Gasteiger partial charge in [0.25, 0.3) is 5.91 Å². The molecule has 0 radical (unpaired) electrons. The van der Waals surface area contributed by atoms with Crippen molar-refractivity contribution in [3.8, 4) is 5.75 Å². The third-order valence-corrected chi connectivity index (χ3v) is 5.12. The monoisotopic (exact) mass is 432 g/mol. The van der Waals surface area contributed by atoms with Crippen LogP contribution < -0.4 is 15.4 Å². The van der Waals surface area contributed by atoms with E-state index >= 15 is 0 Å². The van der Waals surface area contributed by atoms with Crippen molar-refractivity contribution in [1.82, 2.24) is 5.32 Å². The van der Waals surface area contributed by atoms with Gasteiger partial charge in [-0.2, -0.15) is 0 Å². The van der Waals surface area contributed by atoms with Gasteiger partial charge in [-0.05, 0) is 66.4 Å². The van der Waals surface area contributed by atoms with Gasteiger partial charge in [-0.1, -0.05) is 68.4 Å². The summed E-state index contributed by atoms with van der Waals surface area (Å²) in [5.74, 6) is 0.881. The van der Waals surface area contributed by atoms with Crippen molar-refractivity contribution >= 4 is 28.9 Å². The molecular weight excluding hydrogens is 404 g/mol. The lowest BCUT2D eigenvalue weighted by atomic mass is 10.0. The van der Waals surface area contributed by atoms with Gasteiger partial charge in [0.15, 0.2) is 5.11 Å². The highest BCUT2D eigenvalue weighted by Crippen LogP contribution is 2.24. The Morgan fingerprint density at radius 2 is 1.61 bits per heavy atom. The highest BCUT2D eigenvalue weighted by Gasteiger charge is 2.11. The van der Waals surface area contributed by atoms with Gasteiger partial charge in [0, 0.05) is 5.56 Å². The van der Waals surface area contributed by atoms with E-state index in [1.807, 2.05) is 66.7 Å². The Labute approximate surface area is 189 Å². The number of amides is 1. The molecule has 0 atom stereocenters. The standard InChI is InChI=1S/C26H28N2O2S/c1-19(2)21-14-16-22(17-15-21)25(29)28-26(31)27-23-12-6-7-13-24(23)30-18-8-11-20-9-4-3-5-10-20/h3-7,9-10,12-17,19H,8,11,18H2,1-2H3,(H2,27,28,29,31). The molecule has 0 saturated heterocycles. The molecule has 160 valence electrons. The lowest BCUT2D eigenvalue weighted by Gasteiger charge is -2.14. The van der Waals surface area contributed by atoms with Gasteiger partial charge in [0.05, 0.1) is 12.3 Å². The van der Waals surface area contributed by atoms with Crippen molar-refractivity contribution in [2.75, 3.05) is 11.9 Å². The lowest BCUT2D eigenvalue weighted by molar-refractivity contribution is 0.0977. The molecule has 0 aliphatic rings. The Morgan fingerprint density at radius 1 is 0.935 bits per heavy atom. The molecule has 2 N–H and O–H groups in total. The number of hydrogen-bond acceptors (Lipinski definition) is 3. The van der Waals surface area contributed by atoms with Crippen LogP contribution in [0.2, 0.25) is 0 Å². The van der Waals surface area contributed by atoms with Crippen LogP contribution in [0.5, 0.6) is 5.75 Å². The minimum Gasteiger partial charge on any atom is -0.491 e. The molecule has 3 aromatic carbocycles. The number of para-hydroxylation sites is 2. The molecule has 0 bridgehead atoms. The molecule has 0 unspecified atom stereocenters. The van der Waals surface area contributed by atoms with E-state index in [1.165, 1.54) is 11.1 Å². The Kier molecular flexibility index (Phi) is 8.19. The minimum absolute atomic E-state index is 0.235. The van der Waals surface area contributed by atoms with Crippen LogP contribution in [0.4, 0.5) is 5.69 Å². The van der Waals surface area contributed by atoms with Crippen LogP contribution in [0.3, 0.4) is 0 Å². The zero-order valence-electron chi connectivity index (χ0n) is 17.9. The Hall–Kier alpha value is -3.18. The highest BCUT2D eigenvalue weighted by atomic mass is 32.1. The second-order valence-electron chi connectivity index (χ2n) is 7.62. The van der Waals surface area contributed by atoms with Crippen LogP contribution in [0.25, 0.3) is 0 Å². The molecule has 0 fully saturated rings. The second-order valence-corrected chi connectivity index (χ2v) is 8.03. The number of benzene rings is 3. The summed E-state index contributed by atoms with van der Waals surface area (Å²) in [6.45, 7) is 4.83. The van der Waals surface area contributed by atoms with Crippen molar-refractivity contribution in [3.05, 3.63) is 95.6 Å². The van der Waals surface area contributed by atoms with E-state index in [4.69, 9.17) is 17.0 Å². The summed E-state index contributed by atoms with van der Waals surface area (Å²) in [5.41, 5.74) is 3.78. The summed E-state index contributed by atoms with van der Waals surface area (Å²) >= 11 is 5.34. The molecule has 0 aliphatic carbocycles. The van der Waals surface area contributed by atoms with Crippen molar-refractivity contribution in [2.45, 2.75) is 32.6 Å². The zero-order valence-corrected chi connectivity index (χ0v) is 18.7. The topological polar surface area (TPSA) is 50.4 Å². The molecule has 0 saturated carbocycles. The summed E-state index contributed by atoms with van der Waals surface area (Å²) in [6, 6.07) is 25.5. The maximum absolute atomic E-state index is 12.5. The van der Waals surface area contributed by atoms with Crippen LogP contribution in [-0.2, 0) is 6.42 Å². The lowest BCUT2D eigenvalue weighted by Crippen LogP contribution is -2.34. The number of ether oxygens (including phenoxy) is 1. The van der Waals surface area contributed by atoms with Crippen molar-refractivity contribution < 1.29 is 9.53 Å².